The molecular weight excluding hydrogens is 1790 g/mol. The van der Waals surface area contributed by atoms with Crippen molar-refractivity contribution in [2.45, 2.75) is 19.6 Å². The molecular formula is C135H90N4O5Si. The highest BCUT2D eigenvalue weighted by Gasteiger charge is 2.32. The van der Waals surface area contributed by atoms with Crippen molar-refractivity contribution in [2.24, 2.45) is 0 Å². The molecule has 24 aromatic carbocycles. The van der Waals surface area contributed by atoms with E-state index in [-0.39, 0.29) is 0 Å². The fraction of sp³-hybridized carbons (Fsp3) is 0.0222. The molecule has 0 atom stereocenters. The summed E-state index contributed by atoms with van der Waals surface area (Å²) in [7, 11) is -1.50. The summed E-state index contributed by atoms with van der Waals surface area (Å²) in [4.78, 5) is 9.40. The van der Waals surface area contributed by atoms with Crippen LogP contribution in [0.1, 0.15) is 0 Å². The maximum Gasteiger partial charge on any atom is 0.159 e. The molecule has 0 saturated carbocycles. The Labute approximate surface area is 838 Å². The summed E-state index contributed by atoms with van der Waals surface area (Å²) < 4.78 is 33.9. The predicted molar refractivity (Wildman–Crippen MR) is 609 cm³/mol. The van der Waals surface area contributed by atoms with Gasteiger partial charge in [-0.05, 0) is 258 Å². The molecule has 0 radical (unpaired) electrons. The fourth-order valence-electron chi connectivity index (χ4n) is 22.6. The van der Waals surface area contributed by atoms with E-state index < -0.39 is 8.07 Å². The number of furan rings is 3. The van der Waals surface area contributed by atoms with Crippen molar-refractivity contribution in [1.29, 1.82) is 0 Å². The summed E-state index contributed by atoms with van der Waals surface area (Å²) >= 11 is 0. The fourth-order valence-corrected chi connectivity index (χ4v) is 23.8. The number of nitrogens with zero attached hydrogens (tertiary/aromatic N) is 4. The minimum absolute atomic E-state index is 0.837. The molecule has 684 valence electrons. The van der Waals surface area contributed by atoms with E-state index in [0.717, 1.165) is 234 Å². The Morgan fingerprint density at radius 2 is 0.469 bits per heavy atom. The van der Waals surface area contributed by atoms with Crippen LogP contribution in [0.3, 0.4) is 0 Å². The highest BCUT2D eigenvalue weighted by molar-refractivity contribution is 6.88. The topological polar surface area (TPSA) is 70.8 Å². The third kappa shape index (κ3) is 14.1. The van der Waals surface area contributed by atoms with Gasteiger partial charge in [-0.25, -0.2) is 0 Å². The standard InChI is InChI=1S/C69H50N2O2Si.C66H40N2O3/c1-74(2,3)51-39-37-49(38-40-51)70(48-20-8-5-9-21-48)64-44-60-57-26-17-31-66-68(57)61(43-59(60)53-23-10-11-24-54(53)64)56-41-34-47(42-67(56)72-66)45-32-35-50(36-33-45)71(62-28-14-12-22-52(62)46-18-6-4-7-19-46)63-29-16-27-58-55-25-13-15-30-65(55)73-69(58)63;1-3-16-43(17-4-1)67(57-27-13-25-52-48-22-9-11-29-60(48)70-65(52)57)45-35-32-41(33-36-45)42-34-37-50-56-39-54-46-20-7-8-21-47(46)59(40-55(54)51-24-15-31-62(64(51)56)69-63(50)38-42)68(44-18-5-2-6-19-44)58-28-14-26-53-49-23-10-12-30-61(49)71-66(53)58/h4-44H,1-3H3;1-40H. The third-order valence-corrected chi connectivity index (χ3v) is 31.5. The second-order valence-corrected chi connectivity index (χ2v) is 43.9. The van der Waals surface area contributed by atoms with Gasteiger partial charge in [0.2, 0.25) is 0 Å². The van der Waals surface area contributed by atoms with Gasteiger partial charge in [0.15, 0.2) is 16.7 Å². The highest BCUT2D eigenvalue weighted by atomic mass is 28.3. The highest BCUT2D eigenvalue weighted by Crippen LogP contribution is 2.58. The van der Waals surface area contributed by atoms with Gasteiger partial charge in [-0.2, -0.15) is 0 Å². The Morgan fingerprint density at radius 1 is 0.166 bits per heavy atom. The summed E-state index contributed by atoms with van der Waals surface area (Å²) in [5.74, 6) is 3.39. The number of fused-ring (bicyclic) bond motifs is 21. The van der Waals surface area contributed by atoms with Gasteiger partial charge in [-0.3, -0.25) is 0 Å². The molecule has 145 heavy (non-hydrogen) atoms. The first-order chi connectivity index (χ1) is 71.5. The molecule has 9 nitrogen and oxygen atoms in total. The van der Waals surface area contributed by atoms with Gasteiger partial charge >= 0.3 is 0 Å². The minimum Gasteiger partial charge on any atom is -0.456 e. The van der Waals surface area contributed by atoms with Crippen molar-refractivity contribution in [3.8, 4) is 78.6 Å². The molecule has 5 heterocycles. The van der Waals surface area contributed by atoms with E-state index in [4.69, 9.17) is 22.7 Å². The zero-order valence-electron chi connectivity index (χ0n) is 79.6. The van der Waals surface area contributed by atoms with Crippen LogP contribution >= 0.6 is 0 Å². The largest absolute Gasteiger partial charge is 0.456 e. The number of hydrogen-bond donors (Lipinski definition) is 0. The lowest BCUT2D eigenvalue weighted by Crippen LogP contribution is -2.37. The normalized spacial score (nSPS) is 12.1. The molecule has 0 unspecified atom stereocenters. The average molecular weight is 1880 g/mol. The van der Waals surface area contributed by atoms with E-state index in [1.807, 2.05) is 36.4 Å². The molecule has 10 heteroatoms. The summed E-state index contributed by atoms with van der Waals surface area (Å²) in [6.45, 7) is 7.22. The lowest BCUT2D eigenvalue weighted by Gasteiger charge is -2.29. The third-order valence-electron chi connectivity index (χ3n) is 29.4. The van der Waals surface area contributed by atoms with Crippen LogP contribution in [0, 0.1) is 0 Å². The number of benzene rings is 24. The van der Waals surface area contributed by atoms with E-state index in [9.17, 15) is 0 Å². The monoisotopic (exact) mass is 1870 g/mol. The summed E-state index contributed by atoms with van der Waals surface area (Å²) in [6, 6.07) is 176. The first-order valence-electron chi connectivity index (χ1n) is 49.6. The second kappa shape index (κ2) is 34.1. The molecule has 0 amide bonds. The smallest absolute Gasteiger partial charge is 0.159 e. The van der Waals surface area contributed by atoms with Gasteiger partial charge in [0.1, 0.15) is 39.7 Å². The van der Waals surface area contributed by atoms with E-state index >= 15 is 0 Å². The van der Waals surface area contributed by atoms with Crippen LogP contribution in [0.2, 0.25) is 19.6 Å². The number of para-hydroxylation sites is 10. The molecule has 3 aromatic heterocycles. The molecule has 27 aromatic rings. The first kappa shape index (κ1) is 84.3. The molecule has 0 spiro atoms. The molecule has 2 aliphatic rings. The summed E-state index contributed by atoms with van der Waals surface area (Å²) in [5.41, 5.74) is 28.9. The van der Waals surface area contributed by atoms with Crippen molar-refractivity contribution in [3.63, 3.8) is 0 Å². The Hall–Kier alpha value is -18.7. The second-order valence-electron chi connectivity index (χ2n) is 38.8. The number of anilines is 12. The van der Waals surface area contributed by atoms with Crippen LogP contribution in [0.4, 0.5) is 68.2 Å². The van der Waals surface area contributed by atoms with Crippen molar-refractivity contribution >= 4 is 212 Å². The van der Waals surface area contributed by atoms with Crippen LogP contribution in [0.5, 0.6) is 23.0 Å². The lowest BCUT2D eigenvalue weighted by atomic mass is 9.87. The molecule has 0 fully saturated rings. The summed E-state index contributed by atoms with van der Waals surface area (Å²) in [6.07, 6.45) is 0. The van der Waals surface area contributed by atoms with E-state index in [2.05, 4.69) is 494 Å². The minimum atomic E-state index is -1.50. The van der Waals surface area contributed by atoms with E-state index in [0.29, 0.717) is 0 Å². The van der Waals surface area contributed by atoms with Crippen LogP contribution in [0.15, 0.2) is 505 Å². The average Bonchev–Trinajstić information content (AvgIpc) is 1.56. The maximum atomic E-state index is 6.98. The Balaban J connectivity index is 0.000000141. The molecule has 0 bridgehead atoms. The summed E-state index contributed by atoms with van der Waals surface area (Å²) in [5, 5.41) is 22.1. The van der Waals surface area contributed by atoms with Gasteiger partial charge in [-0.15, -0.1) is 0 Å². The van der Waals surface area contributed by atoms with Crippen molar-refractivity contribution in [1.82, 2.24) is 0 Å². The molecule has 0 N–H and O–H groups in total. The molecule has 0 aliphatic carbocycles. The van der Waals surface area contributed by atoms with Gasteiger partial charge in [0.25, 0.3) is 0 Å². The van der Waals surface area contributed by atoms with Gasteiger partial charge in [0, 0.05) is 105 Å². The number of rotatable bonds is 16. The van der Waals surface area contributed by atoms with Crippen LogP contribution in [0.25, 0.3) is 186 Å². The molecule has 2 aliphatic heterocycles. The Bertz CT molecular complexity index is 9890. The number of ether oxygens (including phenoxy) is 2. The predicted octanol–water partition coefficient (Wildman–Crippen LogP) is 39.0. The zero-order valence-corrected chi connectivity index (χ0v) is 80.6. The SMILES string of the molecule is C[Si](C)(C)c1ccc(N(c2ccccc2)c2cc3c4cccc5c4c(cc3c3ccccc23)-c2ccc(-c3ccc(N(c4ccccc4-c4ccccc4)c4cccc6c4oc4ccccc46)cc3)cc2O5)cc1.c1ccc(N(c2ccc(-c3ccc4c(c3)Oc3cccc5c3c-4cc3c4ccccc4c(N(c4ccccc4)c4cccc6c4oc4ccccc46)cc53)cc2)c2cccc3c2oc2ccccc23)cc1. The Morgan fingerprint density at radius 3 is 0.910 bits per heavy atom. The molecule has 29 rings (SSSR count). The van der Waals surface area contributed by atoms with Crippen LogP contribution < -0.4 is 34.3 Å². The number of hydrogen-bond acceptors (Lipinski definition) is 9. The van der Waals surface area contributed by atoms with Gasteiger partial charge in [0.05, 0.1) is 42.2 Å². The first-order valence-corrected chi connectivity index (χ1v) is 53.1. The molecule has 0 saturated heterocycles. The van der Waals surface area contributed by atoms with Crippen molar-refractivity contribution < 1.29 is 22.7 Å². The lowest BCUT2D eigenvalue weighted by molar-refractivity contribution is 0.487. The van der Waals surface area contributed by atoms with E-state index in [1.165, 1.54) is 48.5 Å². The van der Waals surface area contributed by atoms with Crippen LogP contribution in [-0.2, 0) is 0 Å². The van der Waals surface area contributed by atoms with Crippen molar-refractivity contribution in [3.05, 3.63) is 491 Å². The van der Waals surface area contributed by atoms with Gasteiger partial charge in [-0.1, -0.05) is 340 Å². The van der Waals surface area contributed by atoms with Crippen molar-refractivity contribution in [2.75, 3.05) is 19.6 Å². The maximum absolute atomic E-state index is 6.98. The quantitative estimate of drug-likeness (QED) is 0.0695. The zero-order chi connectivity index (χ0) is 96.1. The van der Waals surface area contributed by atoms with Crippen LogP contribution in [-0.4, -0.2) is 8.07 Å². The Kier molecular flexibility index (Phi) is 19.8. The van der Waals surface area contributed by atoms with E-state index in [1.54, 1.807) is 0 Å². The van der Waals surface area contributed by atoms with Gasteiger partial charge < -0.3 is 42.3 Å².